The molecular formula is C22H24N2O4. The molecule has 0 radical (unpaired) electrons. The van der Waals surface area contributed by atoms with Gasteiger partial charge in [-0.25, -0.2) is 4.79 Å². The van der Waals surface area contributed by atoms with E-state index in [4.69, 9.17) is 5.11 Å². The Morgan fingerprint density at radius 2 is 1.75 bits per heavy atom. The average molecular weight is 380 g/mol. The first-order chi connectivity index (χ1) is 13.4. The van der Waals surface area contributed by atoms with E-state index in [2.05, 4.69) is 19.2 Å². The second-order valence-corrected chi connectivity index (χ2v) is 6.91. The molecular weight excluding hydrogens is 356 g/mol. The van der Waals surface area contributed by atoms with Crippen LogP contribution in [0.25, 0.3) is 0 Å². The van der Waals surface area contributed by atoms with Crippen LogP contribution in [-0.2, 0) is 22.4 Å². The van der Waals surface area contributed by atoms with Crippen molar-refractivity contribution in [1.82, 2.24) is 0 Å². The monoisotopic (exact) mass is 380 g/mol. The zero-order valence-electron chi connectivity index (χ0n) is 16.1. The maximum Gasteiger partial charge on any atom is 0.335 e. The van der Waals surface area contributed by atoms with Crippen molar-refractivity contribution in [3.8, 4) is 0 Å². The van der Waals surface area contributed by atoms with E-state index in [1.807, 2.05) is 18.2 Å². The van der Waals surface area contributed by atoms with Crippen LogP contribution < -0.4 is 10.2 Å². The number of aromatic carboxylic acids is 1. The van der Waals surface area contributed by atoms with Gasteiger partial charge in [-0.05, 0) is 42.2 Å². The molecule has 6 nitrogen and oxygen atoms in total. The van der Waals surface area contributed by atoms with E-state index in [1.165, 1.54) is 12.1 Å². The summed E-state index contributed by atoms with van der Waals surface area (Å²) in [4.78, 5) is 38.2. The lowest BCUT2D eigenvalue weighted by Crippen LogP contribution is -2.29. The molecule has 1 saturated heterocycles. The van der Waals surface area contributed by atoms with Crippen molar-refractivity contribution < 1.29 is 19.5 Å². The molecule has 0 unspecified atom stereocenters. The molecule has 2 aromatic carbocycles. The molecule has 1 aliphatic heterocycles. The van der Waals surface area contributed by atoms with Gasteiger partial charge < -0.3 is 15.3 Å². The minimum Gasteiger partial charge on any atom is -0.478 e. The van der Waals surface area contributed by atoms with E-state index in [0.717, 1.165) is 29.7 Å². The SMILES string of the molecule is CCc1cccc(CC)c1N1C[C@@H](C(=O)Nc2cccc(C(=O)O)c2)CC1=O. The molecule has 1 atom stereocenters. The highest BCUT2D eigenvalue weighted by Gasteiger charge is 2.36. The molecule has 2 amide bonds. The summed E-state index contributed by atoms with van der Waals surface area (Å²) in [5.41, 5.74) is 3.65. The van der Waals surface area contributed by atoms with Crippen LogP contribution >= 0.6 is 0 Å². The van der Waals surface area contributed by atoms with Crippen LogP contribution in [0.1, 0.15) is 41.8 Å². The molecule has 2 aromatic rings. The van der Waals surface area contributed by atoms with Crippen molar-refractivity contribution in [2.45, 2.75) is 33.1 Å². The number of rotatable bonds is 6. The topological polar surface area (TPSA) is 86.7 Å². The third-order valence-corrected chi connectivity index (χ3v) is 5.11. The minimum absolute atomic E-state index is 0.0602. The molecule has 0 aliphatic carbocycles. The minimum atomic E-state index is -1.05. The van der Waals surface area contributed by atoms with E-state index >= 15 is 0 Å². The number of aryl methyl sites for hydroxylation is 2. The van der Waals surface area contributed by atoms with Crippen LogP contribution in [0.15, 0.2) is 42.5 Å². The quantitative estimate of drug-likeness (QED) is 0.803. The van der Waals surface area contributed by atoms with Crippen molar-refractivity contribution in [2.75, 3.05) is 16.8 Å². The molecule has 146 valence electrons. The Kier molecular flexibility index (Phi) is 5.78. The summed E-state index contributed by atoms with van der Waals surface area (Å²) in [6.07, 6.45) is 1.77. The van der Waals surface area contributed by atoms with Crippen molar-refractivity contribution in [3.05, 3.63) is 59.2 Å². The molecule has 3 rings (SSSR count). The van der Waals surface area contributed by atoms with Crippen molar-refractivity contribution in [2.24, 2.45) is 5.92 Å². The summed E-state index contributed by atoms with van der Waals surface area (Å²) in [6, 6.07) is 12.1. The second kappa shape index (κ2) is 8.25. The normalized spacial score (nSPS) is 16.3. The smallest absolute Gasteiger partial charge is 0.335 e. The van der Waals surface area contributed by atoms with E-state index in [0.29, 0.717) is 12.2 Å². The lowest BCUT2D eigenvalue weighted by Gasteiger charge is -2.23. The van der Waals surface area contributed by atoms with Gasteiger partial charge in [0, 0.05) is 24.3 Å². The van der Waals surface area contributed by atoms with Crippen LogP contribution in [0.3, 0.4) is 0 Å². The molecule has 0 saturated carbocycles. The molecule has 0 aromatic heterocycles. The van der Waals surface area contributed by atoms with E-state index in [-0.39, 0.29) is 23.8 Å². The fraction of sp³-hybridized carbons (Fsp3) is 0.318. The predicted octanol–water partition coefficient (Wildman–Crippen LogP) is 3.50. The van der Waals surface area contributed by atoms with Gasteiger partial charge in [0.1, 0.15) is 0 Å². The van der Waals surface area contributed by atoms with Crippen LogP contribution in [0.5, 0.6) is 0 Å². The first-order valence-corrected chi connectivity index (χ1v) is 9.49. The summed E-state index contributed by atoms with van der Waals surface area (Å²) >= 11 is 0. The molecule has 1 heterocycles. The van der Waals surface area contributed by atoms with E-state index < -0.39 is 11.9 Å². The molecule has 2 N–H and O–H groups in total. The number of amides is 2. The number of carboxylic acids is 1. The third-order valence-electron chi connectivity index (χ3n) is 5.11. The highest BCUT2D eigenvalue weighted by Crippen LogP contribution is 2.32. The van der Waals surface area contributed by atoms with Gasteiger partial charge in [-0.2, -0.15) is 0 Å². The van der Waals surface area contributed by atoms with Gasteiger partial charge in [0.15, 0.2) is 0 Å². The Morgan fingerprint density at radius 1 is 1.11 bits per heavy atom. The third kappa shape index (κ3) is 3.91. The first kappa shape index (κ1) is 19.6. The Morgan fingerprint density at radius 3 is 2.36 bits per heavy atom. The number of anilines is 2. The van der Waals surface area contributed by atoms with Gasteiger partial charge in [-0.3, -0.25) is 9.59 Å². The zero-order chi connectivity index (χ0) is 20.3. The fourth-order valence-electron chi connectivity index (χ4n) is 3.64. The summed E-state index contributed by atoms with van der Waals surface area (Å²) in [6.45, 7) is 4.43. The number of nitrogens with one attached hydrogen (secondary N) is 1. The van der Waals surface area contributed by atoms with Gasteiger partial charge in [0.25, 0.3) is 0 Å². The first-order valence-electron chi connectivity index (χ1n) is 9.49. The molecule has 1 aliphatic rings. The number of para-hydroxylation sites is 1. The Labute approximate surface area is 164 Å². The number of carboxylic acid groups (broad SMARTS) is 1. The summed E-state index contributed by atoms with van der Waals surface area (Å²) in [5, 5.41) is 11.8. The number of carbonyl (C=O) groups excluding carboxylic acids is 2. The van der Waals surface area contributed by atoms with Crippen LogP contribution in [0.4, 0.5) is 11.4 Å². The van der Waals surface area contributed by atoms with Gasteiger partial charge >= 0.3 is 5.97 Å². The van der Waals surface area contributed by atoms with Gasteiger partial charge in [0.05, 0.1) is 11.5 Å². The van der Waals surface area contributed by atoms with E-state index in [9.17, 15) is 14.4 Å². The number of benzene rings is 2. The lowest BCUT2D eigenvalue weighted by atomic mass is 10.0. The maximum atomic E-state index is 12.7. The number of carbonyl (C=O) groups is 3. The Bertz CT molecular complexity index is 900. The average Bonchev–Trinajstić information content (AvgIpc) is 3.08. The molecule has 0 spiro atoms. The Hall–Kier alpha value is -3.15. The lowest BCUT2D eigenvalue weighted by molar-refractivity contribution is -0.122. The molecule has 0 bridgehead atoms. The molecule has 28 heavy (non-hydrogen) atoms. The largest absolute Gasteiger partial charge is 0.478 e. The highest BCUT2D eigenvalue weighted by molar-refractivity contribution is 6.04. The van der Waals surface area contributed by atoms with Crippen molar-refractivity contribution in [1.29, 1.82) is 0 Å². The standard InChI is InChI=1S/C22H24N2O4/c1-3-14-7-5-8-15(4-2)20(14)24-13-17(12-19(24)25)21(26)23-18-10-6-9-16(11-18)22(27)28/h5-11,17H,3-4,12-13H2,1-2H3,(H,23,26)(H,27,28)/t17-/m0/s1. The number of hydrogen-bond donors (Lipinski definition) is 2. The highest BCUT2D eigenvalue weighted by atomic mass is 16.4. The number of hydrogen-bond acceptors (Lipinski definition) is 3. The van der Waals surface area contributed by atoms with Gasteiger partial charge in [-0.1, -0.05) is 38.1 Å². The van der Waals surface area contributed by atoms with Crippen LogP contribution in [0.2, 0.25) is 0 Å². The van der Waals surface area contributed by atoms with Gasteiger partial charge in [0.2, 0.25) is 11.8 Å². The van der Waals surface area contributed by atoms with E-state index in [1.54, 1.807) is 17.0 Å². The summed E-state index contributed by atoms with van der Waals surface area (Å²) < 4.78 is 0. The fourth-order valence-corrected chi connectivity index (χ4v) is 3.64. The zero-order valence-corrected chi connectivity index (χ0v) is 16.1. The summed E-state index contributed by atoms with van der Waals surface area (Å²) in [7, 11) is 0. The maximum absolute atomic E-state index is 12.7. The van der Waals surface area contributed by atoms with Gasteiger partial charge in [-0.15, -0.1) is 0 Å². The van der Waals surface area contributed by atoms with Crippen molar-refractivity contribution in [3.63, 3.8) is 0 Å². The van der Waals surface area contributed by atoms with Crippen molar-refractivity contribution >= 4 is 29.2 Å². The molecule has 6 heteroatoms. The second-order valence-electron chi connectivity index (χ2n) is 6.91. The Balaban J connectivity index is 1.79. The van der Waals surface area contributed by atoms with Crippen LogP contribution in [0, 0.1) is 5.92 Å². The van der Waals surface area contributed by atoms with Crippen LogP contribution in [-0.4, -0.2) is 29.4 Å². The number of nitrogens with zero attached hydrogens (tertiary/aromatic N) is 1. The molecule has 1 fully saturated rings. The summed E-state index contributed by atoms with van der Waals surface area (Å²) in [5.74, 6) is -1.86. The predicted molar refractivity (Wildman–Crippen MR) is 108 cm³/mol.